The van der Waals surface area contributed by atoms with E-state index in [9.17, 15) is 19.2 Å². The lowest BCUT2D eigenvalue weighted by atomic mass is 10.0. The predicted octanol–water partition coefficient (Wildman–Crippen LogP) is 0.564. The summed E-state index contributed by atoms with van der Waals surface area (Å²) in [5, 5.41) is 17.9. The molecule has 0 spiro atoms. The molecular weight excluding hydrogens is 476 g/mol. The van der Waals surface area contributed by atoms with Gasteiger partial charge >= 0.3 is 5.97 Å². The average molecular weight is 505 g/mol. The zero-order chi connectivity index (χ0) is 26.4. The molecular formula is C26H28N6O5. The van der Waals surface area contributed by atoms with Gasteiger partial charge in [-0.1, -0.05) is 36.4 Å². The zero-order valence-electron chi connectivity index (χ0n) is 19.9. The zero-order valence-corrected chi connectivity index (χ0v) is 19.9. The van der Waals surface area contributed by atoms with Crippen molar-refractivity contribution in [2.75, 3.05) is 13.1 Å². The third-order valence-corrected chi connectivity index (χ3v) is 6.04. The van der Waals surface area contributed by atoms with E-state index < -0.39 is 48.9 Å². The summed E-state index contributed by atoms with van der Waals surface area (Å²) in [5.74, 6) is -2.97. The van der Waals surface area contributed by atoms with Crippen LogP contribution >= 0.6 is 0 Å². The van der Waals surface area contributed by atoms with E-state index >= 15 is 0 Å². The lowest BCUT2D eigenvalue weighted by Crippen LogP contribution is -2.54. The molecule has 11 heteroatoms. The molecule has 0 bridgehead atoms. The number of benzene rings is 2. The number of nitrogens with two attached hydrogens (primary N) is 1. The largest absolute Gasteiger partial charge is 0.480 e. The van der Waals surface area contributed by atoms with Gasteiger partial charge in [-0.3, -0.25) is 19.2 Å². The topological polar surface area (TPSA) is 182 Å². The first-order valence-corrected chi connectivity index (χ1v) is 11.7. The third kappa shape index (κ3) is 6.33. The summed E-state index contributed by atoms with van der Waals surface area (Å²) < 4.78 is 0. The van der Waals surface area contributed by atoms with Crippen molar-refractivity contribution >= 4 is 45.5 Å². The molecule has 0 saturated heterocycles. The molecule has 3 amide bonds. The second kappa shape index (κ2) is 11.4. The van der Waals surface area contributed by atoms with Gasteiger partial charge in [0.15, 0.2) is 0 Å². The van der Waals surface area contributed by atoms with Crippen molar-refractivity contribution in [2.45, 2.75) is 24.9 Å². The molecule has 0 fully saturated rings. The molecule has 11 nitrogen and oxygen atoms in total. The quantitative estimate of drug-likeness (QED) is 0.157. The van der Waals surface area contributed by atoms with E-state index in [4.69, 9.17) is 10.8 Å². The molecule has 2 aromatic heterocycles. The number of hydrogen-bond donors (Lipinski definition) is 7. The van der Waals surface area contributed by atoms with Gasteiger partial charge in [0, 0.05) is 40.6 Å². The maximum absolute atomic E-state index is 13.0. The second-order valence-electron chi connectivity index (χ2n) is 8.68. The highest BCUT2D eigenvalue weighted by Crippen LogP contribution is 2.20. The number of carbonyl (C=O) groups is 4. The van der Waals surface area contributed by atoms with Crippen LogP contribution in [0, 0.1) is 0 Å². The molecule has 0 aliphatic carbocycles. The molecule has 192 valence electrons. The van der Waals surface area contributed by atoms with Crippen LogP contribution in [0.15, 0.2) is 60.9 Å². The number of aliphatic carboxylic acids is 1. The number of carbonyl (C=O) groups excluding carboxylic acids is 3. The van der Waals surface area contributed by atoms with Gasteiger partial charge in [-0.05, 0) is 29.7 Å². The Hall–Kier alpha value is -4.64. The standard InChI is InChI=1S/C26H28N6O5/c27-19(9-15-11-28-20-7-3-1-5-17(15)20)25(36)32-22(26(37)31-13-23(33)30-14-24(34)35)10-16-12-29-21-8-4-2-6-18(16)21/h1-8,11-12,19,22,28-29H,9-10,13-14,27H2,(H,30,33)(H,31,37)(H,32,36)(H,34,35). The van der Waals surface area contributed by atoms with Crippen LogP contribution < -0.4 is 21.7 Å². The summed E-state index contributed by atoms with van der Waals surface area (Å²) in [5.41, 5.74) is 9.72. The monoisotopic (exact) mass is 504 g/mol. The van der Waals surface area contributed by atoms with Crippen molar-refractivity contribution in [1.82, 2.24) is 25.9 Å². The molecule has 37 heavy (non-hydrogen) atoms. The van der Waals surface area contributed by atoms with Crippen molar-refractivity contribution in [3.05, 3.63) is 72.1 Å². The highest BCUT2D eigenvalue weighted by atomic mass is 16.4. The maximum atomic E-state index is 13.0. The smallest absolute Gasteiger partial charge is 0.322 e. The first-order chi connectivity index (χ1) is 17.8. The van der Waals surface area contributed by atoms with Gasteiger partial charge in [0.25, 0.3) is 0 Å². The number of H-pyrrole nitrogens is 2. The summed E-state index contributed by atoms with van der Waals surface area (Å²) in [6.45, 7) is -0.999. The maximum Gasteiger partial charge on any atom is 0.322 e. The van der Waals surface area contributed by atoms with Crippen LogP contribution in [-0.2, 0) is 32.0 Å². The van der Waals surface area contributed by atoms with Crippen LogP contribution in [0.2, 0.25) is 0 Å². The fourth-order valence-electron chi connectivity index (χ4n) is 4.17. The van der Waals surface area contributed by atoms with Gasteiger partial charge in [-0.15, -0.1) is 0 Å². The molecule has 2 heterocycles. The second-order valence-corrected chi connectivity index (χ2v) is 8.68. The molecule has 0 aliphatic rings. The summed E-state index contributed by atoms with van der Waals surface area (Å²) in [7, 11) is 0. The van der Waals surface area contributed by atoms with Crippen molar-refractivity contribution in [2.24, 2.45) is 5.73 Å². The van der Waals surface area contributed by atoms with Crippen molar-refractivity contribution in [3.8, 4) is 0 Å². The summed E-state index contributed by atoms with van der Waals surface area (Å²) >= 11 is 0. The summed E-state index contributed by atoms with van der Waals surface area (Å²) in [6, 6.07) is 13.3. The van der Waals surface area contributed by atoms with E-state index in [0.29, 0.717) is 0 Å². The number of para-hydroxylation sites is 2. The number of aromatic nitrogens is 2. The fraction of sp³-hybridized carbons (Fsp3) is 0.231. The predicted molar refractivity (Wildman–Crippen MR) is 138 cm³/mol. The minimum absolute atomic E-state index is 0.151. The van der Waals surface area contributed by atoms with Crippen molar-refractivity contribution < 1.29 is 24.3 Å². The van der Waals surface area contributed by atoms with E-state index in [-0.39, 0.29) is 12.8 Å². The lowest BCUT2D eigenvalue weighted by Gasteiger charge is -2.20. The number of amides is 3. The first-order valence-electron chi connectivity index (χ1n) is 11.7. The number of aromatic amines is 2. The minimum atomic E-state index is -1.20. The number of carboxylic acids is 1. The van der Waals surface area contributed by atoms with Gasteiger partial charge in [0.05, 0.1) is 12.6 Å². The number of carboxylic acid groups (broad SMARTS) is 1. The van der Waals surface area contributed by atoms with E-state index in [1.54, 1.807) is 6.20 Å². The minimum Gasteiger partial charge on any atom is -0.480 e. The van der Waals surface area contributed by atoms with Gasteiger partial charge in [-0.2, -0.15) is 0 Å². The molecule has 2 atom stereocenters. The van der Waals surface area contributed by atoms with Crippen LogP contribution in [0.4, 0.5) is 0 Å². The summed E-state index contributed by atoms with van der Waals surface area (Å²) in [6.07, 6.45) is 3.99. The lowest BCUT2D eigenvalue weighted by molar-refractivity contribution is -0.138. The van der Waals surface area contributed by atoms with Gasteiger partial charge in [-0.25, -0.2) is 0 Å². The van der Waals surface area contributed by atoms with Crippen LogP contribution in [0.1, 0.15) is 11.1 Å². The van der Waals surface area contributed by atoms with Crippen LogP contribution in [0.3, 0.4) is 0 Å². The SMILES string of the molecule is NC(Cc1c[nH]c2ccccc12)C(=O)NC(Cc1c[nH]c2ccccc12)C(=O)NCC(=O)NCC(=O)O. The Morgan fingerprint density at radius 3 is 1.95 bits per heavy atom. The fourth-order valence-corrected chi connectivity index (χ4v) is 4.17. The number of hydrogen-bond acceptors (Lipinski definition) is 5. The normalized spacial score (nSPS) is 12.7. The third-order valence-electron chi connectivity index (χ3n) is 6.04. The van der Waals surface area contributed by atoms with Gasteiger partial charge in [0.2, 0.25) is 17.7 Å². The Morgan fingerprint density at radius 1 is 0.784 bits per heavy atom. The molecule has 8 N–H and O–H groups in total. The van der Waals surface area contributed by atoms with Crippen molar-refractivity contribution in [1.29, 1.82) is 0 Å². The van der Waals surface area contributed by atoms with Crippen molar-refractivity contribution in [3.63, 3.8) is 0 Å². The molecule has 2 unspecified atom stereocenters. The van der Waals surface area contributed by atoms with E-state index in [1.165, 1.54) is 0 Å². The van der Waals surface area contributed by atoms with Gasteiger partial charge in [0.1, 0.15) is 12.6 Å². The molecule has 4 aromatic rings. The molecule has 2 aromatic carbocycles. The Kier molecular flexibility index (Phi) is 7.84. The van der Waals surface area contributed by atoms with Crippen LogP contribution in [0.25, 0.3) is 21.8 Å². The Bertz CT molecular complexity index is 1440. The Balaban J connectivity index is 1.46. The number of fused-ring (bicyclic) bond motifs is 2. The highest BCUT2D eigenvalue weighted by molar-refractivity contribution is 5.93. The van der Waals surface area contributed by atoms with Crippen LogP contribution in [-0.4, -0.2) is 63.9 Å². The number of nitrogens with one attached hydrogen (secondary N) is 5. The number of rotatable bonds is 11. The Labute approximate surface area is 211 Å². The van der Waals surface area contributed by atoms with E-state index in [2.05, 4.69) is 25.9 Å². The average Bonchev–Trinajstić information content (AvgIpc) is 3.49. The molecule has 4 rings (SSSR count). The van der Waals surface area contributed by atoms with Gasteiger partial charge < -0.3 is 36.8 Å². The van der Waals surface area contributed by atoms with E-state index in [0.717, 1.165) is 32.9 Å². The molecule has 0 aliphatic heterocycles. The van der Waals surface area contributed by atoms with E-state index in [1.807, 2.05) is 54.7 Å². The summed E-state index contributed by atoms with van der Waals surface area (Å²) in [4.78, 5) is 54.9. The molecule has 0 saturated carbocycles. The highest BCUT2D eigenvalue weighted by Gasteiger charge is 2.26. The molecule has 0 radical (unpaired) electrons. The van der Waals surface area contributed by atoms with Crippen LogP contribution in [0.5, 0.6) is 0 Å². The first kappa shape index (κ1) is 25.5. The Morgan fingerprint density at radius 2 is 1.35 bits per heavy atom.